The lowest BCUT2D eigenvalue weighted by molar-refractivity contribution is 1.12. The molecule has 12 heavy (non-hydrogen) atoms. The molecular formula is C7H10ClN3S. The van der Waals surface area contributed by atoms with Crippen molar-refractivity contribution in [1.29, 1.82) is 0 Å². The highest BCUT2D eigenvalue weighted by Crippen LogP contribution is 2.05. The highest BCUT2D eigenvalue weighted by Gasteiger charge is 1.93. The van der Waals surface area contributed by atoms with E-state index in [1.807, 2.05) is 0 Å². The first kappa shape index (κ1) is 9.61. The number of nitrogens with zero attached hydrogens (tertiary/aromatic N) is 2. The standard InChI is InChI=1S/C7H10ClN3S/c1-12-5-4-9-6-2-3-10-7(8)11-6/h2-3H,4-5H2,1H3,(H,9,10,11). The van der Waals surface area contributed by atoms with Gasteiger partial charge in [-0.15, -0.1) is 0 Å². The van der Waals surface area contributed by atoms with E-state index in [0.29, 0.717) is 0 Å². The van der Waals surface area contributed by atoms with Gasteiger partial charge in [0.1, 0.15) is 5.82 Å². The Morgan fingerprint density at radius 1 is 1.67 bits per heavy atom. The second-order valence-electron chi connectivity index (χ2n) is 2.13. The minimum atomic E-state index is 0.282. The van der Waals surface area contributed by atoms with Crippen LogP contribution >= 0.6 is 23.4 Å². The number of nitrogens with one attached hydrogen (secondary N) is 1. The van der Waals surface area contributed by atoms with Crippen molar-refractivity contribution in [3.63, 3.8) is 0 Å². The quantitative estimate of drug-likeness (QED) is 0.599. The molecule has 0 radical (unpaired) electrons. The van der Waals surface area contributed by atoms with Crippen molar-refractivity contribution in [3.05, 3.63) is 17.5 Å². The topological polar surface area (TPSA) is 37.8 Å². The molecule has 0 aliphatic heterocycles. The molecule has 5 heteroatoms. The lowest BCUT2D eigenvalue weighted by atomic mass is 10.5. The minimum Gasteiger partial charge on any atom is -0.369 e. The van der Waals surface area contributed by atoms with Crippen LogP contribution in [-0.2, 0) is 0 Å². The van der Waals surface area contributed by atoms with Crippen LogP contribution in [0.15, 0.2) is 12.3 Å². The number of halogens is 1. The summed E-state index contributed by atoms with van der Waals surface area (Å²) in [5.74, 6) is 1.84. The Bertz CT molecular complexity index is 244. The van der Waals surface area contributed by atoms with Crippen molar-refractivity contribution in [2.45, 2.75) is 0 Å². The van der Waals surface area contributed by atoms with Crippen LogP contribution in [0, 0.1) is 0 Å². The normalized spacial score (nSPS) is 9.83. The fourth-order valence-electron chi connectivity index (χ4n) is 0.715. The first-order valence-electron chi connectivity index (χ1n) is 3.54. The predicted molar refractivity (Wildman–Crippen MR) is 53.9 cm³/mol. The molecule has 0 atom stereocenters. The Morgan fingerprint density at radius 2 is 2.50 bits per heavy atom. The SMILES string of the molecule is CSCCNc1ccnc(Cl)n1. The van der Waals surface area contributed by atoms with Crippen molar-refractivity contribution < 1.29 is 0 Å². The van der Waals surface area contributed by atoms with Gasteiger partial charge in [0.25, 0.3) is 0 Å². The van der Waals surface area contributed by atoms with Crippen molar-refractivity contribution in [2.24, 2.45) is 0 Å². The molecule has 66 valence electrons. The summed E-state index contributed by atoms with van der Waals surface area (Å²) in [6.45, 7) is 0.897. The first-order chi connectivity index (χ1) is 5.83. The molecule has 0 aliphatic rings. The van der Waals surface area contributed by atoms with Gasteiger partial charge in [-0.3, -0.25) is 0 Å². The summed E-state index contributed by atoms with van der Waals surface area (Å²) in [5, 5.41) is 3.41. The number of aromatic nitrogens is 2. The van der Waals surface area contributed by atoms with Gasteiger partial charge >= 0.3 is 0 Å². The van der Waals surface area contributed by atoms with Crippen LogP contribution in [0.25, 0.3) is 0 Å². The van der Waals surface area contributed by atoms with Crippen LogP contribution in [0.5, 0.6) is 0 Å². The lowest BCUT2D eigenvalue weighted by Gasteiger charge is -2.02. The van der Waals surface area contributed by atoms with Gasteiger partial charge in [-0.1, -0.05) is 0 Å². The molecule has 0 fully saturated rings. The Kier molecular flexibility index (Phi) is 4.18. The molecule has 0 spiro atoms. The maximum absolute atomic E-state index is 5.59. The average molecular weight is 204 g/mol. The molecular weight excluding hydrogens is 194 g/mol. The Hall–Kier alpha value is -0.480. The molecule has 0 aliphatic carbocycles. The number of anilines is 1. The molecule has 1 rings (SSSR count). The van der Waals surface area contributed by atoms with Crippen LogP contribution in [0.4, 0.5) is 5.82 Å². The largest absolute Gasteiger partial charge is 0.369 e. The molecule has 0 amide bonds. The van der Waals surface area contributed by atoms with Crippen LogP contribution < -0.4 is 5.32 Å². The third kappa shape index (κ3) is 3.28. The van der Waals surface area contributed by atoms with E-state index in [0.717, 1.165) is 18.1 Å². The molecule has 0 unspecified atom stereocenters. The van der Waals surface area contributed by atoms with Gasteiger partial charge < -0.3 is 5.32 Å². The van der Waals surface area contributed by atoms with Crippen LogP contribution in [0.3, 0.4) is 0 Å². The van der Waals surface area contributed by atoms with E-state index >= 15 is 0 Å². The maximum Gasteiger partial charge on any atom is 0.224 e. The average Bonchev–Trinajstić information content (AvgIpc) is 2.05. The summed E-state index contributed by atoms with van der Waals surface area (Å²) in [7, 11) is 0. The fourth-order valence-corrected chi connectivity index (χ4v) is 1.17. The Labute approximate surface area is 80.9 Å². The maximum atomic E-state index is 5.59. The molecule has 1 aromatic heterocycles. The lowest BCUT2D eigenvalue weighted by Crippen LogP contribution is -2.05. The highest BCUT2D eigenvalue weighted by atomic mass is 35.5. The van der Waals surface area contributed by atoms with Crippen LogP contribution in [0.1, 0.15) is 0 Å². The molecule has 0 saturated heterocycles. The van der Waals surface area contributed by atoms with Crippen molar-refractivity contribution in [1.82, 2.24) is 9.97 Å². The number of thioether (sulfide) groups is 1. The third-order valence-corrected chi connectivity index (χ3v) is 2.03. The fraction of sp³-hybridized carbons (Fsp3) is 0.429. The third-order valence-electron chi connectivity index (χ3n) is 1.24. The van der Waals surface area contributed by atoms with E-state index < -0.39 is 0 Å². The second kappa shape index (κ2) is 5.22. The zero-order valence-corrected chi connectivity index (χ0v) is 8.32. The zero-order valence-electron chi connectivity index (χ0n) is 6.75. The molecule has 3 nitrogen and oxygen atoms in total. The zero-order chi connectivity index (χ0) is 8.81. The van der Waals surface area contributed by atoms with Gasteiger partial charge in [-0.05, 0) is 23.9 Å². The Morgan fingerprint density at radius 3 is 3.17 bits per heavy atom. The number of hydrogen-bond acceptors (Lipinski definition) is 4. The molecule has 0 saturated carbocycles. The molecule has 0 aromatic carbocycles. The summed E-state index contributed by atoms with van der Waals surface area (Å²) in [4.78, 5) is 7.76. The molecule has 0 bridgehead atoms. The van der Waals surface area contributed by atoms with E-state index in [2.05, 4.69) is 21.5 Å². The van der Waals surface area contributed by atoms with Gasteiger partial charge in [-0.2, -0.15) is 11.8 Å². The number of rotatable bonds is 4. The molecule has 1 aromatic rings. The van der Waals surface area contributed by atoms with E-state index in [4.69, 9.17) is 11.6 Å². The first-order valence-corrected chi connectivity index (χ1v) is 5.31. The van der Waals surface area contributed by atoms with Crippen LogP contribution in [-0.4, -0.2) is 28.5 Å². The Balaban J connectivity index is 2.41. The minimum absolute atomic E-state index is 0.282. The van der Waals surface area contributed by atoms with E-state index in [-0.39, 0.29) is 5.28 Å². The van der Waals surface area contributed by atoms with Crippen molar-refractivity contribution in [3.8, 4) is 0 Å². The molecule has 1 N–H and O–H groups in total. The monoisotopic (exact) mass is 203 g/mol. The molecule has 1 heterocycles. The summed E-state index contributed by atoms with van der Waals surface area (Å²) < 4.78 is 0. The summed E-state index contributed by atoms with van der Waals surface area (Å²) in [6.07, 6.45) is 3.70. The van der Waals surface area contributed by atoms with E-state index in [9.17, 15) is 0 Å². The van der Waals surface area contributed by atoms with Crippen LogP contribution in [0.2, 0.25) is 5.28 Å². The summed E-state index contributed by atoms with van der Waals surface area (Å²) >= 11 is 7.38. The second-order valence-corrected chi connectivity index (χ2v) is 3.45. The predicted octanol–water partition coefficient (Wildman–Crippen LogP) is 1.90. The summed E-state index contributed by atoms with van der Waals surface area (Å²) in [6, 6.07) is 1.80. The van der Waals surface area contributed by atoms with E-state index in [1.165, 1.54) is 0 Å². The summed E-state index contributed by atoms with van der Waals surface area (Å²) in [5.41, 5.74) is 0. The van der Waals surface area contributed by atoms with Crippen molar-refractivity contribution in [2.75, 3.05) is 23.9 Å². The van der Waals surface area contributed by atoms with Gasteiger partial charge in [0, 0.05) is 18.5 Å². The van der Waals surface area contributed by atoms with Gasteiger partial charge in [0.2, 0.25) is 5.28 Å². The highest BCUT2D eigenvalue weighted by molar-refractivity contribution is 7.98. The number of hydrogen-bond donors (Lipinski definition) is 1. The van der Waals surface area contributed by atoms with Gasteiger partial charge in [0.05, 0.1) is 0 Å². The van der Waals surface area contributed by atoms with E-state index in [1.54, 1.807) is 24.0 Å². The van der Waals surface area contributed by atoms with Gasteiger partial charge in [0.15, 0.2) is 0 Å². The smallest absolute Gasteiger partial charge is 0.224 e. The van der Waals surface area contributed by atoms with Gasteiger partial charge in [-0.25, -0.2) is 9.97 Å². The van der Waals surface area contributed by atoms with Crippen molar-refractivity contribution >= 4 is 29.2 Å².